The molecule has 20 heavy (non-hydrogen) atoms. The van der Waals surface area contributed by atoms with Gasteiger partial charge in [0.1, 0.15) is 0 Å². The Bertz CT molecular complexity index is 447. The molecule has 0 saturated carbocycles. The summed E-state index contributed by atoms with van der Waals surface area (Å²) in [5.74, 6) is -1.27. The molecule has 1 heterocycles. The van der Waals surface area contributed by atoms with Gasteiger partial charge in [-0.25, -0.2) is 0 Å². The van der Waals surface area contributed by atoms with Crippen LogP contribution in [-0.4, -0.2) is 24.4 Å². The SMILES string of the molecule is CC[C@H](O)c1ccccc1N1CCCC(C(F)(F)F)C1. The van der Waals surface area contributed by atoms with E-state index in [1.165, 1.54) is 0 Å². The van der Waals surface area contributed by atoms with Crippen molar-refractivity contribution in [1.29, 1.82) is 0 Å². The summed E-state index contributed by atoms with van der Waals surface area (Å²) in [5, 5.41) is 10.0. The molecule has 1 aromatic carbocycles. The molecule has 1 saturated heterocycles. The molecule has 0 aromatic heterocycles. The van der Waals surface area contributed by atoms with E-state index in [9.17, 15) is 18.3 Å². The van der Waals surface area contributed by atoms with E-state index in [1.54, 1.807) is 23.1 Å². The molecule has 5 heteroatoms. The standard InChI is InChI=1S/C15H20F3NO/c1-2-14(20)12-7-3-4-8-13(12)19-9-5-6-11(10-19)15(16,17)18/h3-4,7-8,11,14,20H,2,5-6,9-10H2,1H3/t11?,14-/m0/s1. The van der Waals surface area contributed by atoms with Crippen molar-refractivity contribution in [2.75, 3.05) is 18.0 Å². The Labute approximate surface area is 117 Å². The highest BCUT2D eigenvalue weighted by molar-refractivity contribution is 5.55. The first-order chi connectivity index (χ1) is 9.43. The Morgan fingerprint density at radius 1 is 1.35 bits per heavy atom. The number of piperidine rings is 1. The van der Waals surface area contributed by atoms with Gasteiger partial charge in [-0.2, -0.15) is 13.2 Å². The minimum atomic E-state index is -4.14. The van der Waals surface area contributed by atoms with Crippen molar-refractivity contribution in [1.82, 2.24) is 0 Å². The Kier molecular flexibility index (Phi) is 4.58. The zero-order valence-electron chi connectivity index (χ0n) is 11.5. The van der Waals surface area contributed by atoms with Crippen LogP contribution in [0.2, 0.25) is 0 Å². The Hall–Kier alpha value is -1.23. The lowest BCUT2D eigenvalue weighted by Crippen LogP contribution is -2.42. The molecule has 1 aliphatic rings. The minimum absolute atomic E-state index is 0.0169. The number of aliphatic hydroxyl groups is 1. The van der Waals surface area contributed by atoms with Crippen molar-refractivity contribution >= 4 is 5.69 Å². The van der Waals surface area contributed by atoms with Crippen LogP contribution in [0.3, 0.4) is 0 Å². The molecule has 0 aliphatic carbocycles. The second-order valence-corrected chi connectivity index (χ2v) is 5.31. The van der Waals surface area contributed by atoms with E-state index in [2.05, 4.69) is 0 Å². The Balaban J connectivity index is 2.23. The maximum atomic E-state index is 12.9. The third-order valence-electron chi connectivity index (χ3n) is 3.91. The molecule has 2 atom stereocenters. The zero-order valence-corrected chi connectivity index (χ0v) is 11.5. The van der Waals surface area contributed by atoms with Crippen molar-refractivity contribution in [2.24, 2.45) is 5.92 Å². The number of anilines is 1. The highest BCUT2D eigenvalue weighted by Crippen LogP contribution is 2.37. The fourth-order valence-corrected chi connectivity index (χ4v) is 2.74. The third-order valence-corrected chi connectivity index (χ3v) is 3.91. The van der Waals surface area contributed by atoms with E-state index >= 15 is 0 Å². The number of benzene rings is 1. The number of nitrogens with zero attached hydrogens (tertiary/aromatic N) is 1. The van der Waals surface area contributed by atoms with Crippen LogP contribution in [0.15, 0.2) is 24.3 Å². The first-order valence-corrected chi connectivity index (χ1v) is 7.02. The zero-order chi connectivity index (χ0) is 14.8. The van der Waals surface area contributed by atoms with Crippen molar-refractivity contribution in [3.63, 3.8) is 0 Å². The maximum absolute atomic E-state index is 12.9. The van der Waals surface area contributed by atoms with Gasteiger partial charge >= 0.3 is 6.18 Å². The molecule has 1 aromatic rings. The highest BCUT2D eigenvalue weighted by atomic mass is 19.4. The molecule has 112 valence electrons. The molecule has 1 fully saturated rings. The molecule has 1 aliphatic heterocycles. The molecule has 0 spiro atoms. The Morgan fingerprint density at radius 3 is 2.70 bits per heavy atom. The van der Waals surface area contributed by atoms with Crippen LogP contribution in [0.4, 0.5) is 18.9 Å². The van der Waals surface area contributed by atoms with Crippen LogP contribution in [0.1, 0.15) is 37.9 Å². The number of halogens is 3. The van der Waals surface area contributed by atoms with Crippen molar-refractivity contribution < 1.29 is 18.3 Å². The number of para-hydroxylation sites is 1. The van der Waals surface area contributed by atoms with Gasteiger partial charge in [-0.15, -0.1) is 0 Å². The lowest BCUT2D eigenvalue weighted by molar-refractivity contribution is -0.176. The summed E-state index contributed by atoms with van der Waals surface area (Å²) < 4.78 is 38.6. The van der Waals surface area contributed by atoms with Gasteiger partial charge in [-0.3, -0.25) is 0 Å². The van der Waals surface area contributed by atoms with E-state index in [4.69, 9.17) is 0 Å². The third kappa shape index (κ3) is 3.26. The lowest BCUT2D eigenvalue weighted by Gasteiger charge is -2.36. The molecule has 0 bridgehead atoms. The largest absolute Gasteiger partial charge is 0.393 e. The summed E-state index contributed by atoms with van der Waals surface area (Å²) in [6.45, 7) is 2.45. The number of aliphatic hydroxyl groups excluding tert-OH is 1. The van der Waals surface area contributed by atoms with Crippen LogP contribution in [-0.2, 0) is 0 Å². The predicted octanol–water partition coefficient (Wildman–Crippen LogP) is 3.91. The van der Waals surface area contributed by atoms with E-state index in [0.29, 0.717) is 19.4 Å². The van der Waals surface area contributed by atoms with E-state index in [1.807, 2.05) is 13.0 Å². The monoisotopic (exact) mass is 287 g/mol. The molecular weight excluding hydrogens is 267 g/mol. The summed E-state index contributed by atoms with van der Waals surface area (Å²) in [7, 11) is 0. The van der Waals surface area contributed by atoms with Gasteiger partial charge in [0.2, 0.25) is 0 Å². The molecule has 2 nitrogen and oxygen atoms in total. The van der Waals surface area contributed by atoms with Crippen molar-refractivity contribution in [3.8, 4) is 0 Å². The summed E-state index contributed by atoms with van der Waals surface area (Å²) >= 11 is 0. The van der Waals surface area contributed by atoms with Gasteiger partial charge in [0, 0.05) is 24.3 Å². The van der Waals surface area contributed by atoms with Crippen LogP contribution in [0.25, 0.3) is 0 Å². The number of hydrogen-bond acceptors (Lipinski definition) is 2. The normalized spacial score (nSPS) is 21.9. The predicted molar refractivity (Wildman–Crippen MR) is 72.7 cm³/mol. The van der Waals surface area contributed by atoms with E-state index < -0.39 is 18.2 Å². The average molecular weight is 287 g/mol. The van der Waals surface area contributed by atoms with Crippen molar-refractivity contribution in [3.05, 3.63) is 29.8 Å². The molecule has 0 amide bonds. The van der Waals surface area contributed by atoms with Crippen molar-refractivity contribution in [2.45, 2.75) is 38.5 Å². The van der Waals surface area contributed by atoms with E-state index in [0.717, 1.165) is 11.3 Å². The summed E-state index contributed by atoms with van der Waals surface area (Å²) in [6.07, 6.45) is -3.50. The maximum Gasteiger partial charge on any atom is 0.393 e. The molecule has 0 radical (unpaired) electrons. The van der Waals surface area contributed by atoms with Crippen LogP contribution < -0.4 is 4.90 Å². The van der Waals surface area contributed by atoms with Gasteiger partial charge < -0.3 is 10.0 Å². The summed E-state index contributed by atoms with van der Waals surface area (Å²) in [6, 6.07) is 7.20. The smallest absolute Gasteiger partial charge is 0.388 e. The molecular formula is C15H20F3NO. The van der Waals surface area contributed by atoms with Crippen LogP contribution >= 0.6 is 0 Å². The molecule has 1 N–H and O–H groups in total. The summed E-state index contributed by atoms with van der Waals surface area (Å²) in [4.78, 5) is 1.76. The van der Waals surface area contributed by atoms with Gasteiger partial charge in [0.05, 0.1) is 12.0 Å². The number of alkyl halides is 3. The van der Waals surface area contributed by atoms with Crippen LogP contribution in [0.5, 0.6) is 0 Å². The topological polar surface area (TPSA) is 23.5 Å². The number of hydrogen-bond donors (Lipinski definition) is 1. The quantitative estimate of drug-likeness (QED) is 0.911. The van der Waals surface area contributed by atoms with Gasteiger partial charge in [0.15, 0.2) is 0 Å². The second kappa shape index (κ2) is 6.04. The summed E-state index contributed by atoms with van der Waals surface area (Å²) in [5.41, 5.74) is 1.45. The molecule has 2 rings (SSSR count). The van der Waals surface area contributed by atoms with Gasteiger partial charge in [-0.1, -0.05) is 25.1 Å². The molecule has 1 unspecified atom stereocenters. The van der Waals surface area contributed by atoms with E-state index in [-0.39, 0.29) is 13.0 Å². The second-order valence-electron chi connectivity index (χ2n) is 5.31. The average Bonchev–Trinajstić information content (AvgIpc) is 2.45. The first kappa shape index (κ1) is 15.2. The number of rotatable bonds is 3. The fourth-order valence-electron chi connectivity index (χ4n) is 2.74. The van der Waals surface area contributed by atoms with Gasteiger partial charge in [0.25, 0.3) is 0 Å². The Morgan fingerprint density at radius 2 is 2.05 bits per heavy atom. The van der Waals surface area contributed by atoms with Crippen LogP contribution in [0, 0.1) is 5.92 Å². The lowest BCUT2D eigenvalue weighted by atomic mass is 9.95. The fraction of sp³-hybridized carbons (Fsp3) is 0.600. The first-order valence-electron chi connectivity index (χ1n) is 7.02. The highest BCUT2D eigenvalue weighted by Gasteiger charge is 2.42. The van der Waals surface area contributed by atoms with Gasteiger partial charge in [-0.05, 0) is 25.3 Å². The minimum Gasteiger partial charge on any atom is -0.388 e.